The minimum absolute atomic E-state index is 0.375. The third-order valence-electron chi connectivity index (χ3n) is 2.89. The lowest BCUT2D eigenvalue weighted by atomic mass is 10.0. The first-order valence-electron chi connectivity index (χ1n) is 5.72. The Morgan fingerprint density at radius 2 is 1.76 bits per heavy atom. The first kappa shape index (κ1) is 11.7. The number of hydrogen-bond donors (Lipinski definition) is 1. The summed E-state index contributed by atoms with van der Waals surface area (Å²) in [5.74, 6) is 0.693. The van der Waals surface area contributed by atoms with E-state index >= 15 is 0 Å². The van der Waals surface area contributed by atoms with Crippen molar-refractivity contribution in [2.24, 2.45) is 5.73 Å². The predicted molar refractivity (Wildman–Crippen MR) is 69.6 cm³/mol. The molecule has 3 nitrogen and oxygen atoms in total. The SMILES string of the molecule is Cc1cc(-c2ccc(C)c(C)c2)nc(CN)n1. The Kier molecular flexibility index (Phi) is 3.20. The summed E-state index contributed by atoms with van der Waals surface area (Å²) >= 11 is 0. The lowest BCUT2D eigenvalue weighted by Crippen LogP contribution is -2.05. The molecule has 0 spiro atoms. The molecule has 17 heavy (non-hydrogen) atoms. The van der Waals surface area contributed by atoms with E-state index in [-0.39, 0.29) is 0 Å². The topological polar surface area (TPSA) is 51.8 Å². The summed E-state index contributed by atoms with van der Waals surface area (Å²) < 4.78 is 0. The van der Waals surface area contributed by atoms with Crippen molar-refractivity contribution in [2.45, 2.75) is 27.3 Å². The highest BCUT2D eigenvalue weighted by atomic mass is 14.9. The van der Waals surface area contributed by atoms with Crippen molar-refractivity contribution in [2.75, 3.05) is 0 Å². The monoisotopic (exact) mass is 227 g/mol. The highest BCUT2D eigenvalue weighted by Gasteiger charge is 2.04. The molecule has 0 atom stereocenters. The van der Waals surface area contributed by atoms with Crippen molar-refractivity contribution in [1.82, 2.24) is 9.97 Å². The number of hydrogen-bond acceptors (Lipinski definition) is 3. The second kappa shape index (κ2) is 4.63. The van der Waals surface area contributed by atoms with Crippen molar-refractivity contribution in [3.63, 3.8) is 0 Å². The highest BCUT2D eigenvalue weighted by Crippen LogP contribution is 2.20. The number of aryl methyl sites for hydroxylation is 3. The van der Waals surface area contributed by atoms with Crippen LogP contribution in [0.15, 0.2) is 24.3 Å². The van der Waals surface area contributed by atoms with Gasteiger partial charge in [0.15, 0.2) is 0 Å². The van der Waals surface area contributed by atoms with Gasteiger partial charge in [0, 0.05) is 11.3 Å². The standard InChI is InChI=1S/C14H17N3/c1-9-4-5-12(6-10(9)2)13-7-11(3)16-14(8-15)17-13/h4-7H,8,15H2,1-3H3. The fraction of sp³-hybridized carbons (Fsp3) is 0.286. The summed E-state index contributed by atoms with van der Waals surface area (Å²) in [5.41, 5.74) is 11.2. The van der Waals surface area contributed by atoms with Gasteiger partial charge in [0.2, 0.25) is 0 Å². The molecule has 0 saturated carbocycles. The Morgan fingerprint density at radius 3 is 2.41 bits per heavy atom. The van der Waals surface area contributed by atoms with Gasteiger partial charge in [-0.25, -0.2) is 9.97 Å². The number of rotatable bonds is 2. The third kappa shape index (κ3) is 2.50. The lowest BCUT2D eigenvalue weighted by Gasteiger charge is -2.07. The maximum atomic E-state index is 5.59. The van der Waals surface area contributed by atoms with Crippen molar-refractivity contribution in [3.8, 4) is 11.3 Å². The van der Waals surface area contributed by atoms with Gasteiger partial charge in [0.25, 0.3) is 0 Å². The number of benzene rings is 1. The maximum absolute atomic E-state index is 5.59. The molecule has 0 radical (unpaired) electrons. The second-order valence-electron chi connectivity index (χ2n) is 4.31. The molecule has 0 bridgehead atoms. The zero-order chi connectivity index (χ0) is 12.4. The molecule has 0 unspecified atom stereocenters. The summed E-state index contributed by atoms with van der Waals surface area (Å²) in [7, 11) is 0. The number of nitrogens with zero attached hydrogens (tertiary/aromatic N) is 2. The van der Waals surface area contributed by atoms with Crippen molar-refractivity contribution in [3.05, 3.63) is 46.9 Å². The van der Waals surface area contributed by atoms with E-state index in [4.69, 9.17) is 5.73 Å². The largest absolute Gasteiger partial charge is 0.324 e. The zero-order valence-corrected chi connectivity index (χ0v) is 10.5. The van der Waals surface area contributed by atoms with Crippen LogP contribution in [0.3, 0.4) is 0 Å². The predicted octanol–water partition coefficient (Wildman–Crippen LogP) is 2.53. The fourth-order valence-electron chi connectivity index (χ4n) is 1.77. The van der Waals surface area contributed by atoms with Crippen molar-refractivity contribution >= 4 is 0 Å². The van der Waals surface area contributed by atoms with Crippen LogP contribution >= 0.6 is 0 Å². The fourth-order valence-corrected chi connectivity index (χ4v) is 1.77. The van der Waals surface area contributed by atoms with E-state index in [2.05, 4.69) is 42.0 Å². The van der Waals surface area contributed by atoms with Gasteiger partial charge in [0.05, 0.1) is 12.2 Å². The molecule has 0 saturated heterocycles. The van der Waals surface area contributed by atoms with Gasteiger partial charge in [-0.3, -0.25) is 0 Å². The zero-order valence-electron chi connectivity index (χ0n) is 10.5. The first-order chi connectivity index (χ1) is 8.10. The van der Waals surface area contributed by atoms with Crippen LogP contribution in [-0.4, -0.2) is 9.97 Å². The quantitative estimate of drug-likeness (QED) is 0.857. The third-order valence-corrected chi connectivity index (χ3v) is 2.89. The van der Waals surface area contributed by atoms with Crippen LogP contribution in [0.1, 0.15) is 22.6 Å². The molecule has 1 aromatic carbocycles. The Labute approximate surface area is 102 Å². The average Bonchev–Trinajstić information content (AvgIpc) is 2.32. The molecule has 0 aliphatic carbocycles. The molecule has 2 N–H and O–H groups in total. The lowest BCUT2D eigenvalue weighted by molar-refractivity contribution is 0.894. The van der Waals surface area contributed by atoms with E-state index in [0.717, 1.165) is 17.0 Å². The van der Waals surface area contributed by atoms with Crippen molar-refractivity contribution < 1.29 is 0 Å². The summed E-state index contributed by atoms with van der Waals surface area (Å²) in [6, 6.07) is 8.34. The highest BCUT2D eigenvalue weighted by molar-refractivity contribution is 5.61. The van der Waals surface area contributed by atoms with Gasteiger partial charge in [-0.2, -0.15) is 0 Å². The number of nitrogens with two attached hydrogens (primary N) is 1. The van der Waals surface area contributed by atoms with Gasteiger partial charge in [0.1, 0.15) is 5.82 Å². The van der Waals surface area contributed by atoms with Gasteiger partial charge >= 0.3 is 0 Å². The van der Waals surface area contributed by atoms with Crippen LogP contribution in [0, 0.1) is 20.8 Å². The molecule has 0 aliphatic heterocycles. The van der Waals surface area contributed by atoms with E-state index in [9.17, 15) is 0 Å². The van der Waals surface area contributed by atoms with Crippen LogP contribution < -0.4 is 5.73 Å². The van der Waals surface area contributed by atoms with Gasteiger partial charge in [-0.05, 0) is 44.0 Å². The van der Waals surface area contributed by atoms with Gasteiger partial charge in [-0.15, -0.1) is 0 Å². The molecule has 2 rings (SSSR count). The Balaban J connectivity index is 2.52. The van der Waals surface area contributed by atoms with Crippen molar-refractivity contribution in [1.29, 1.82) is 0 Å². The first-order valence-corrected chi connectivity index (χ1v) is 5.72. The van der Waals surface area contributed by atoms with Gasteiger partial charge in [-0.1, -0.05) is 12.1 Å². The summed E-state index contributed by atoms with van der Waals surface area (Å²) in [6.07, 6.45) is 0. The molecular formula is C14H17N3. The van der Waals surface area contributed by atoms with E-state index < -0.39 is 0 Å². The van der Waals surface area contributed by atoms with E-state index in [0.29, 0.717) is 12.4 Å². The van der Waals surface area contributed by atoms with E-state index in [1.165, 1.54) is 11.1 Å². The molecular weight excluding hydrogens is 210 g/mol. The smallest absolute Gasteiger partial charge is 0.142 e. The van der Waals surface area contributed by atoms with Crippen LogP contribution in [0.2, 0.25) is 0 Å². The van der Waals surface area contributed by atoms with Crippen LogP contribution in [0.5, 0.6) is 0 Å². The minimum Gasteiger partial charge on any atom is -0.324 e. The number of aromatic nitrogens is 2. The van der Waals surface area contributed by atoms with Crippen LogP contribution in [0.25, 0.3) is 11.3 Å². The molecule has 0 aliphatic rings. The second-order valence-corrected chi connectivity index (χ2v) is 4.31. The summed E-state index contributed by atoms with van der Waals surface area (Å²) in [5, 5.41) is 0. The van der Waals surface area contributed by atoms with Crippen LogP contribution in [0.4, 0.5) is 0 Å². The molecule has 0 fully saturated rings. The van der Waals surface area contributed by atoms with E-state index in [1.54, 1.807) is 0 Å². The molecule has 0 amide bonds. The van der Waals surface area contributed by atoms with Crippen LogP contribution in [-0.2, 0) is 6.54 Å². The molecule has 3 heteroatoms. The Bertz CT molecular complexity index is 547. The molecule has 2 aromatic rings. The molecule has 1 aromatic heterocycles. The molecule has 88 valence electrons. The Morgan fingerprint density at radius 1 is 1.00 bits per heavy atom. The average molecular weight is 227 g/mol. The summed E-state index contributed by atoms with van der Waals surface area (Å²) in [4.78, 5) is 8.74. The normalized spacial score (nSPS) is 10.6. The summed E-state index contributed by atoms with van der Waals surface area (Å²) in [6.45, 7) is 6.55. The Hall–Kier alpha value is -1.74. The van der Waals surface area contributed by atoms with Gasteiger partial charge < -0.3 is 5.73 Å². The maximum Gasteiger partial charge on any atom is 0.142 e. The minimum atomic E-state index is 0.375. The van der Waals surface area contributed by atoms with E-state index in [1.807, 2.05) is 13.0 Å². The molecule has 1 heterocycles.